The lowest BCUT2D eigenvalue weighted by atomic mass is 9.83. The quantitative estimate of drug-likeness (QED) is 0.913. The van der Waals surface area contributed by atoms with E-state index in [1.165, 1.54) is 5.56 Å². The topological polar surface area (TPSA) is 37.8 Å². The van der Waals surface area contributed by atoms with Crippen LogP contribution in [0.25, 0.3) is 0 Å². The third-order valence-corrected chi connectivity index (χ3v) is 3.32. The van der Waals surface area contributed by atoms with E-state index in [1.54, 1.807) is 0 Å². The molecule has 0 bridgehead atoms. The van der Waals surface area contributed by atoms with E-state index < -0.39 is 0 Å². The zero-order valence-corrected chi connectivity index (χ0v) is 12.1. The van der Waals surface area contributed by atoms with Crippen molar-refractivity contribution in [3.05, 3.63) is 59.2 Å². The number of rotatable bonds is 4. The van der Waals surface area contributed by atoms with E-state index in [4.69, 9.17) is 4.98 Å². The first-order chi connectivity index (χ1) is 9.04. The van der Waals surface area contributed by atoms with Gasteiger partial charge in [0.1, 0.15) is 5.82 Å². The van der Waals surface area contributed by atoms with Crippen molar-refractivity contribution in [2.24, 2.45) is 0 Å². The maximum atomic E-state index is 4.70. The molecule has 0 radical (unpaired) electrons. The molecule has 19 heavy (non-hydrogen) atoms. The van der Waals surface area contributed by atoms with Crippen LogP contribution < -0.4 is 5.32 Å². The average Bonchev–Trinajstić information content (AvgIpc) is 2.39. The highest BCUT2D eigenvalue weighted by atomic mass is 14.9. The zero-order chi connectivity index (χ0) is 13.9. The van der Waals surface area contributed by atoms with Gasteiger partial charge in [-0.1, -0.05) is 30.3 Å². The van der Waals surface area contributed by atoms with Crippen molar-refractivity contribution in [2.45, 2.75) is 32.7 Å². The fourth-order valence-electron chi connectivity index (χ4n) is 2.17. The van der Waals surface area contributed by atoms with Crippen LogP contribution in [0.3, 0.4) is 0 Å². The van der Waals surface area contributed by atoms with Gasteiger partial charge in [-0.2, -0.15) is 0 Å². The van der Waals surface area contributed by atoms with E-state index >= 15 is 0 Å². The van der Waals surface area contributed by atoms with Crippen LogP contribution in [0.5, 0.6) is 0 Å². The Kier molecular flexibility index (Phi) is 3.96. The summed E-state index contributed by atoms with van der Waals surface area (Å²) in [5, 5.41) is 3.14. The Morgan fingerprint density at radius 2 is 1.79 bits per heavy atom. The van der Waals surface area contributed by atoms with Crippen molar-refractivity contribution >= 4 is 0 Å². The minimum atomic E-state index is -0.185. The van der Waals surface area contributed by atoms with Gasteiger partial charge in [0.2, 0.25) is 0 Å². The largest absolute Gasteiger partial charge is 0.314 e. The lowest BCUT2D eigenvalue weighted by Gasteiger charge is -2.24. The van der Waals surface area contributed by atoms with Crippen molar-refractivity contribution in [3.63, 3.8) is 0 Å². The van der Waals surface area contributed by atoms with Gasteiger partial charge in [-0.25, -0.2) is 9.97 Å². The summed E-state index contributed by atoms with van der Waals surface area (Å²) in [5.74, 6) is 0.879. The van der Waals surface area contributed by atoms with Gasteiger partial charge < -0.3 is 5.32 Å². The summed E-state index contributed by atoms with van der Waals surface area (Å²) < 4.78 is 0. The Hall–Kier alpha value is -1.74. The van der Waals surface area contributed by atoms with Crippen LogP contribution in [0.4, 0.5) is 0 Å². The number of nitrogens with one attached hydrogen (secondary N) is 1. The number of benzene rings is 1. The number of aromatic nitrogens is 2. The van der Waals surface area contributed by atoms with Crippen LogP contribution in [0, 0.1) is 6.92 Å². The SMILES string of the molecule is CNCc1cc(C)nc(C(C)(C)c2ccccc2)n1. The van der Waals surface area contributed by atoms with Crippen LogP contribution in [-0.4, -0.2) is 17.0 Å². The fourth-order valence-corrected chi connectivity index (χ4v) is 2.17. The molecule has 1 heterocycles. The molecule has 2 rings (SSSR count). The lowest BCUT2D eigenvalue weighted by Crippen LogP contribution is -2.24. The number of hydrogen-bond acceptors (Lipinski definition) is 3. The fraction of sp³-hybridized carbons (Fsp3) is 0.375. The van der Waals surface area contributed by atoms with E-state index in [9.17, 15) is 0 Å². The van der Waals surface area contributed by atoms with Crippen molar-refractivity contribution in [1.29, 1.82) is 0 Å². The Balaban J connectivity index is 2.45. The van der Waals surface area contributed by atoms with Gasteiger partial charge in [0.15, 0.2) is 0 Å². The Bertz CT molecular complexity index is 547. The molecule has 1 N–H and O–H groups in total. The molecule has 0 aliphatic carbocycles. The van der Waals surface area contributed by atoms with Gasteiger partial charge in [-0.15, -0.1) is 0 Å². The highest BCUT2D eigenvalue weighted by Crippen LogP contribution is 2.28. The monoisotopic (exact) mass is 255 g/mol. The van der Waals surface area contributed by atoms with Gasteiger partial charge in [0, 0.05) is 17.7 Å². The zero-order valence-electron chi connectivity index (χ0n) is 12.1. The molecule has 0 saturated carbocycles. The van der Waals surface area contributed by atoms with Gasteiger partial charge in [-0.3, -0.25) is 0 Å². The predicted molar refractivity (Wildman–Crippen MR) is 78.1 cm³/mol. The third-order valence-electron chi connectivity index (χ3n) is 3.32. The summed E-state index contributed by atoms with van der Waals surface area (Å²) in [6.45, 7) is 7.12. The maximum absolute atomic E-state index is 4.70. The molecule has 0 unspecified atom stereocenters. The summed E-state index contributed by atoms with van der Waals surface area (Å²) in [5.41, 5.74) is 3.10. The Morgan fingerprint density at radius 1 is 1.11 bits per heavy atom. The van der Waals surface area contributed by atoms with Crippen LogP contribution in [0.2, 0.25) is 0 Å². The number of nitrogens with zero attached hydrogens (tertiary/aromatic N) is 2. The second kappa shape index (κ2) is 5.49. The molecule has 0 fully saturated rings. The molecule has 2 aromatic rings. The van der Waals surface area contributed by atoms with Crippen LogP contribution in [0.1, 0.15) is 36.6 Å². The highest BCUT2D eigenvalue weighted by molar-refractivity contribution is 5.31. The molecule has 0 aliphatic rings. The van der Waals surface area contributed by atoms with E-state index in [2.05, 4.69) is 48.4 Å². The summed E-state index contributed by atoms with van der Waals surface area (Å²) in [4.78, 5) is 9.32. The van der Waals surface area contributed by atoms with E-state index in [-0.39, 0.29) is 5.41 Å². The molecule has 1 aromatic carbocycles. The minimum Gasteiger partial charge on any atom is -0.314 e. The Labute approximate surface area is 115 Å². The lowest BCUT2D eigenvalue weighted by molar-refractivity contribution is 0.579. The summed E-state index contributed by atoms with van der Waals surface area (Å²) in [6, 6.07) is 12.4. The van der Waals surface area contributed by atoms with Crippen LogP contribution in [0.15, 0.2) is 36.4 Å². The van der Waals surface area contributed by atoms with Gasteiger partial charge in [-0.05, 0) is 39.4 Å². The Morgan fingerprint density at radius 3 is 2.42 bits per heavy atom. The standard InChI is InChI=1S/C16H21N3/c1-12-10-14(11-17-4)19-15(18-12)16(2,3)13-8-6-5-7-9-13/h5-10,17H,11H2,1-4H3. The second-order valence-electron chi connectivity index (χ2n) is 5.35. The van der Waals surface area contributed by atoms with E-state index in [0.29, 0.717) is 0 Å². The van der Waals surface area contributed by atoms with Crippen molar-refractivity contribution in [2.75, 3.05) is 7.05 Å². The predicted octanol–water partition coefficient (Wildman–Crippen LogP) is 2.83. The molecule has 0 saturated heterocycles. The summed E-state index contributed by atoms with van der Waals surface area (Å²) >= 11 is 0. The summed E-state index contributed by atoms with van der Waals surface area (Å²) in [7, 11) is 1.93. The van der Waals surface area contributed by atoms with Crippen molar-refractivity contribution in [1.82, 2.24) is 15.3 Å². The molecule has 0 atom stereocenters. The molecule has 0 aliphatic heterocycles. The molecular formula is C16H21N3. The minimum absolute atomic E-state index is 0.185. The van der Waals surface area contributed by atoms with Crippen molar-refractivity contribution in [3.8, 4) is 0 Å². The number of aryl methyl sites for hydroxylation is 1. The number of hydrogen-bond donors (Lipinski definition) is 1. The van der Waals surface area contributed by atoms with Crippen LogP contribution in [-0.2, 0) is 12.0 Å². The molecule has 0 amide bonds. The average molecular weight is 255 g/mol. The maximum Gasteiger partial charge on any atom is 0.138 e. The smallest absolute Gasteiger partial charge is 0.138 e. The normalized spacial score (nSPS) is 11.6. The molecular weight excluding hydrogens is 234 g/mol. The van der Waals surface area contributed by atoms with Gasteiger partial charge >= 0.3 is 0 Å². The van der Waals surface area contributed by atoms with Gasteiger partial charge in [0.25, 0.3) is 0 Å². The molecule has 0 spiro atoms. The summed E-state index contributed by atoms with van der Waals surface area (Å²) in [6.07, 6.45) is 0. The second-order valence-corrected chi connectivity index (χ2v) is 5.35. The first kappa shape index (κ1) is 13.7. The first-order valence-corrected chi connectivity index (χ1v) is 6.59. The third kappa shape index (κ3) is 2.99. The van der Waals surface area contributed by atoms with E-state index in [0.717, 1.165) is 23.8 Å². The first-order valence-electron chi connectivity index (χ1n) is 6.59. The molecule has 100 valence electrons. The van der Waals surface area contributed by atoms with Crippen molar-refractivity contribution < 1.29 is 0 Å². The molecule has 3 nitrogen and oxygen atoms in total. The van der Waals surface area contributed by atoms with Gasteiger partial charge in [0.05, 0.1) is 5.69 Å². The highest BCUT2D eigenvalue weighted by Gasteiger charge is 2.26. The molecule has 1 aromatic heterocycles. The van der Waals surface area contributed by atoms with Crippen LogP contribution >= 0.6 is 0 Å². The van der Waals surface area contributed by atoms with E-state index in [1.807, 2.05) is 26.1 Å². The molecule has 3 heteroatoms.